The number of hydrogen-bond acceptors (Lipinski definition) is 2. The summed E-state index contributed by atoms with van der Waals surface area (Å²) in [5.41, 5.74) is 15.7. The molecular formula is C42H46N2. The molecule has 1 N–H and O–H groups in total. The highest BCUT2D eigenvalue weighted by Crippen LogP contribution is 2.33. The smallest absolute Gasteiger partial charge is 0.0783 e. The van der Waals surface area contributed by atoms with E-state index in [2.05, 4.69) is 138 Å². The molecule has 0 spiro atoms. The van der Waals surface area contributed by atoms with Crippen molar-refractivity contribution in [3.8, 4) is 11.3 Å². The van der Waals surface area contributed by atoms with Crippen LogP contribution in [0.4, 0.5) is 0 Å². The van der Waals surface area contributed by atoms with Crippen molar-refractivity contribution in [2.75, 3.05) is 0 Å². The molecule has 2 atom stereocenters. The quantitative estimate of drug-likeness (QED) is 0.188. The van der Waals surface area contributed by atoms with Gasteiger partial charge in [-0.1, -0.05) is 99.5 Å². The average Bonchev–Trinajstić information content (AvgIpc) is 3.02. The highest BCUT2D eigenvalue weighted by Gasteiger charge is 2.20. The normalized spacial score (nSPS) is 14.8. The van der Waals surface area contributed by atoms with Gasteiger partial charge in [-0.15, -0.1) is 0 Å². The minimum absolute atomic E-state index is 0.191. The lowest BCUT2D eigenvalue weighted by Crippen LogP contribution is -2.21. The van der Waals surface area contributed by atoms with E-state index in [0.29, 0.717) is 5.92 Å². The van der Waals surface area contributed by atoms with Crippen LogP contribution in [0.25, 0.3) is 28.1 Å². The maximum atomic E-state index is 5.31. The van der Waals surface area contributed by atoms with Crippen LogP contribution in [-0.2, 0) is 32.1 Å². The van der Waals surface area contributed by atoms with Crippen LogP contribution >= 0.6 is 0 Å². The lowest BCUT2D eigenvalue weighted by atomic mass is 9.87. The second-order valence-electron chi connectivity index (χ2n) is 12.9. The summed E-state index contributed by atoms with van der Waals surface area (Å²) < 4.78 is 0. The van der Waals surface area contributed by atoms with Gasteiger partial charge in [0, 0.05) is 16.6 Å². The SMILES string of the molecule is CCc1cc(CC)cc(C2NC=Cc3cc(CC(C)Cc4cc5cc(CC)ccc5c(-c5cc(C)cc(C)c5)n4)ccc32)c1. The molecular weight excluding hydrogens is 532 g/mol. The Balaban J connectivity index is 1.27. The van der Waals surface area contributed by atoms with Crippen molar-refractivity contribution < 1.29 is 0 Å². The minimum Gasteiger partial charge on any atom is -0.380 e. The number of benzene rings is 4. The van der Waals surface area contributed by atoms with Crippen molar-refractivity contribution in [2.45, 2.75) is 79.7 Å². The Labute approximate surface area is 264 Å². The van der Waals surface area contributed by atoms with Crippen molar-refractivity contribution in [1.82, 2.24) is 10.3 Å². The monoisotopic (exact) mass is 578 g/mol. The van der Waals surface area contributed by atoms with Crippen LogP contribution in [0.15, 0.2) is 85.1 Å². The Morgan fingerprint density at radius 1 is 0.705 bits per heavy atom. The lowest BCUT2D eigenvalue weighted by Gasteiger charge is -2.26. The standard InChI is InChI=1S/C42H46N2/c1-7-30-10-12-40-35(22-30)26-38(44-42(40)36-18-27(4)16-28(5)19-36)20-29(6)17-33-11-13-39-34(25-33)14-15-43-41(39)37-23-31(8-2)21-32(9-3)24-37/h10-16,18-19,21-26,29,41,43H,7-9,17,20H2,1-6H3. The van der Waals surface area contributed by atoms with Gasteiger partial charge in [0.1, 0.15) is 0 Å². The van der Waals surface area contributed by atoms with Gasteiger partial charge >= 0.3 is 0 Å². The van der Waals surface area contributed by atoms with Gasteiger partial charge in [-0.25, -0.2) is 0 Å². The van der Waals surface area contributed by atoms with Crippen LogP contribution in [0.1, 0.15) is 89.5 Å². The minimum atomic E-state index is 0.191. The van der Waals surface area contributed by atoms with Crippen LogP contribution in [0.5, 0.6) is 0 Å². The van der Waals surface area contributed by atoms with Crippen molar-refractivity contribution >= 4 is 16.8 Å². The van der Waals surface area contributed by atoms with E-state index < -0.39 is 0 Å². The van der Waals surface area contributed by atoms with Gasteiger partial charge in [-0.05, 0) is 127 Å². The van der Waals surface area contributed by atoms with Gasteiger partial charge in [-0.2, -0.15) is 0 Å². The van der Waals surface area contributed by atoms with Crippen LogP contribution in [-0.4, -0.2) is 4.98 Å². The van der Waals surface area contributed by atoms with E-state index >= 15 is 0 Å². The Kier molecular flexibility index (Phi) is 8.71. The predicted molar refractivity (Wildman–Crippen MR) is 188 cm³/mol. The number of aromatic nitrogens is 1. The molecule has 0 saturated heterocycles. The fourth-order valence-electron chi connectivity index (χ4n) is 6.97. The van der Waals surface area contributed by atoms with Gasteiger partial charge in [-0.3, -0.25) is 4.98 Å². The average molecular weight is 579 g/mol. The van der Waals surface area contributed by atoms with Gasteiger partial charge < -0.3 is 5.32 Å². The molecule has 0 aliphatic carbocycles. The molecule has 4 aromatic carbocycles. The molecule has 5 aromatic rings. The van der Waals surface area contributed by atoms with Crippen LogP contribution in [0.2, 0.25) is 0 Å². The number of pyridine rings is 1. The second kappa shape index (κ2) is 12.8. The summed E-state index contributed by atoms with van der Waals surface area (Å²) in [4.78, 5) is 5.31. The highest BCUT2D eigenvalue weighted by atomic mass is 14.9. The van der Waals surface area contributed by atoms with Gasteiger partial charge in [0.15, 0.2) is 0 Å². The first-order chi connectivity index (χ1) is 21.3. The van der Waals surface area contributed by atoms with Crippen LogP contribution < -0.4 is 5.32 Å². The largest absolute Gasteiger partial charge is 0.380 e. The molecule has 44 heavy (non-hydrogen) atoms. The molecule has 2 unspecified atom stereocenters. The van der Waals surface area contributed by atoms with Gasteiger partial charge in [0.25, 0.3) is 0 Å². The first-order valence-corrected chi connectivity index (χ1v) is 16.5. The van der Waals surface area contributed by atoms with Crippen molar-refractivity contribution in [2.24, 2.45) is 5.92 Å². The number of hydrogen-bond donors (Lipinski definition) is 1. The first kappa shape index (κ1) is 29.9. The number of fused-ring (bicyclic) bond motifs is 2. The summed E-state index contributed by atoms with van der Waals surface area (Å²) in [6.45, 7) is 13.4. The molecule has 0 fully saturated rings. The number of nitrogens with one attached hydrogen (secondary N) is 1. The topological polar surface area (TPSA) is 24.9 Å². The van der Waals surface area contributed by atoms with Crippen molar-refractivity contribution in [3.63, 3.8) is 0 Å². The lowest BCUT2D eigenvalue weighted by molar-refractivity contribution is 0.569. The molecule has 0 amide bonds. The third-order valence-corrected chi connectivity index (χ3v) is 9.21. The molecule has 6 rings (SSSR count). The zero-order valence-electron chi connectivity index (χ0n) is 27.3. The molecule has 224 valence electrons. The molecule has 0 bridgehead atoms. The van der Waals surface area contributed by atoms with E-state index in [9.17, 15) is 0 Å². The van der Waals surface area contributed by atoms with E-state index in [0.717, 1.165) is 37.8 Å². The maximum Gasteiger partial charge on any atom is 0.0783 e. The summed E-state index contributed by atoms with van der Waals surface area (Å²) in [6.07, 6.45) is 9.49. The predicted octanol–water partition coefficient (Wildman–Crippen LogP) is 10.3. The molecule has 2 nitrogen and oxygen atoms in total. The van der Waals surface area contributed by atoms with E-state index in [-0.39, 0.29) is 6.04 Å². The number of rotatable bonds is 9. The molecule has 2 heteroatoms. The summed E-state index contributed by atoms with van der Waals surface area (Å²) in [5.74, 6) is 0.467. The zero-order chi connectivity index (χ0) is 30.8. The van der Waals surface area contributed by atoms with E-state index in [1.165, 1.54) is 72.1 Å². The first-order valence-electron chi connectivity index (χ1n) is 16.5. The van der Waals surface area contributed by atoms with E-state index in [4.69, 9.17) is 4.98 Å². The van der Waals surface area contributed by atoms with Crippen LogP contribution in [0, 0.1) is 19.8 Å². The zero-order valence-corrected chi connectivity index (χ0v) is 27.3. The number of aryl methyl sites for hydroxylation is 5. The fourth-order valence-corrected chi connectivity index (χ4v) is 6.97. The number of nitrogens with zero attached hydrogens (tertiary/aromatic N) is 1. The summed E-state index contributed by atoms with van der Waals surface area (Å²) in [7, 11) is 0. The van der Waals surface area contributed by atoms with Crippen LogP contribution in [0.3, 0.4) is 0 Å². The molecule has 2 heterocycles. The Morgan fingerprint density at radius 2 is 1.41 bits per heavy atom. The highest BCUT2D eigenvalue weighted by molar-refractivity contribution is 5.95. The Morgan fingerprint density at radius 3 is 2.11 bits per heavy atom. The molecule has 1 aliphatic heterocycles. The maximum absolute atomic E-state index is 5.31. The fraction of sp³-hybridized carbons (Fsp3) is 0.310. The Hall–Kier alpha value is -4.17. The molecule has 1 aliphatic rings. The molecule has 1 aromatic heterocycles. The van der Waals surface area contributed by atoms with E-state index in [1.54, 1.807) is 0 Å². The molecule has 0 radical (unpaired) electrons. The van der Waals surface area contributed by atoms with Gasteiger partial charge in [0.05, 0.1) is 11.7 Å². The summed E-state index contributed by atoms with van der Waals surface area (Å²) >= 11 is 0. The summed E-state index contributed by atoms with van der Waals surface area (Å²) in [5, 5.41) is 6.18. The molecule has 0 saturated carbocycles. The second-order valence-corrected chi connectivity index (χ2v) is 12.9. The van der Waals surface area contributed by atoms with Gasteiger partial charge in [0.2, 0.25) is 0 Å². The van der Waals surface area contributed by atoms with E-state index in [1.807, 2.05) is 0 Å². The van der Waals surface area contributed by atoms with Crippen molar-refractivity contribution in [3.05, 3.63) is 141 Å². The third-order valence-electron chi connectivity index (χ3n) is 9.21. The summed E-state index contributed by atoms with van der Waals surface area (Å²) in [6, 6.07) is 30.4. The van der Waals surface area contributed by atoms with Crippen molar-refractivity contribution in [1.29, 1.82) is 0 Å². The third kappa shape index (κ3) is 6.36. The Bertz CT molecular complexity index is 1800.